The minimum atomic E-state index is -0.454. The Hall–Kier alpha value is -6.33. The van der Waals surface area contributed by atoms with Crippen LogP contribution in [0.2, 0.25) is 0 Å². The number of aliphatic hydroxyl groups excluding tert-OH is 3. The average molecular weight is 1290 g/mol. The molecule has 0 fully saturated rings. The first-order chi connectivity index (χ1) is 43.9. The summed E-state index contributed by atoms with van der Waals surface area (Å²) >= 11 is 0. The van der Waals surface area contributed by atoms with Crippen LogP contribution in [-0.4, -0.2) is 77.3 Å². The van der Waals surface area contributed by atoms with Crippen molar-refractivity contribution in [2.75, 3.05) is 35.5 Å². The summed E-state index contributed by atoms with van der Waals surface area (Å²) in [6.45, 7) is 36.3. The van der Waals surface area contributed by atoms with Gasteiger partial charge in [0.1, 0.15) is 28.7 Å². The second-order valence-corrected chi connectivity index (χ2v) is 25.7. The van der Waals surface area contributed by atoms with Gasteiger partial charge in [0, 0.05) is 68.9 Å². The monoisotopic (exact) mass is 1290 g/mol. The molecule has 6 aromatic carbocycles. The van der Waals surface area contributed by atoms with E-state index in [1.165, 1.54) is 34.2 Å². The Kier molecular flexibility index (Phi) is 39.1. The first-order valence-corrected chi connectivity index (χ1v) is 33.0. The Morgan fingerprint density at radius 3 is 1.02 bits per heavy atom. The molecule has 6 rings (SSSR count). The van der Waals surface area contributed by atoms with Crippen LogP contribution < -0.4 is 4.74 Å². The van der Waals surface area contributed by atoms with Crippen LogP contribution in [0.25, 0.3) is 0 Å². The largest absolute Gasteiger partial charge is 0.508 e. The third-order valence-electron chi connectivity index (χ3n) is 17.9. The van der Waals surface area contributed by atoms with E-state index >= 15 is 0 Å². The van der Waals surface area contributed by atoms with E-state index in [0.29, 0.717) is 83.3 Å². The van der Waals surface area contributed by atoms with Crippen LogP contribution in [-0.2, 0) is 79.3 Å². The first-order valence-electron chi connectivity index (χ1n) is 33.0. The lowest BCUT2D eigenvalue weighted by molar-refractivity contribution is -0.144. The standard InChI is InChI=1S/C16H24O3.C14H22O3.C14H22O.C12H18O3.C12H18O2.C11H16O2/c1-7-15(2,3)14(17)19-13-10-8-12(9-11-13)16(4,5)18-6;1-5-10(2)11-6-12(8-16-3)14(15)13(7-11)9-17-4;1-6-11(2)12-7-9-13(10-8-12)14(3,4)15-5;1-3-8(2)9-4-10(6-13)12(15)11(5-9)7-14;1-4-9(2)10-5-6-12(13)11(7-10)8-14-3;1-3-8(2)9-4-5-11(13)10(6-9)7-12/h8-11H,7H2,1-6H3;6-7,10,15H,5,8-9H2,1-4H3;7-11H,6H2,1-5H3;4-5,8,13-15H,3,6-7H2,1-2H3;5-7,9,13H,4,8H2,1-3H3;4-6,8,12-13H,3,7H2,1-2H3. The van der Waals surface area contributed by atoms with Gasteiger partial charge in [-0.25, -0.2) is 0 Å². The molecule has 7 N–H and O–H groups in total. The van der Waals surface area contributed by atoms with Crippen LogP contribution in [0, 0.1) is 5.41 Å². The number of aromatic hydroxyl groups is 4. The Balaban J connectivity index is 0.000000560. The molecule has 0 aliphatic rings. The summed E-state index contributed by atoms with van der Waals surface area (Å²) in [7, 11) is 8.33. The predicted molar refractivity (Wildman–Crippen MR) is 379 cm³/mol. The molecule has 14 heteroatoms. The van der Waals surface area contributed by atoms with Crippen LogP contribution in [0.5, 0.6) is 28.7 Å². The van der Waals surface area contributed by atoms with Gasteiger partial charge in [0.25, 0.3) is 0 Å². The smallest absolute Gasteiger partial charge is 0.316 e. The maximum absolute atomic E-state index is 12.0. The molecule has 0 amide bonds. The maximum atomic E-state index is 12.0. The summed E-state index contributed by atoms with van der Waals surface area (Å²) in [4.78, 5) is 12.0. The quantitative estimate of drug-likeness (QED) is 0.0199. The number of carbonyl (C=O) groups excluding carboxylic acids is 1. The number of aliphatic hydroxyl groups is 3. The highest BCUT2D eigenvalue weighted by Gasteiger charge is 2.28. The average Bonchev–Trinajstić information content (AvgIpc) is 0.976. The van der Waals surface area contributed by atoms with Crippen molar-refractivity contribution in [3.05, 3.63) is 182 Å². The Bertz CT molecular complexity index is 3000. The highest BCUT2D eigenvalue weighted by molar-refractivity contribution is 5.78. The van der Waals surface area contributed by atoms with Gasteiger partial charge in [-0.2, -0.15) is 0 Å². The molecule has 0 aliphatic heterocycles. The molecule has 5 atom stereocenters. The van der Waals surface area contributed by atoms with Gasteiger partial charge in [-0.3, -0.25) is 4.79 Å². The lowest BCUT2D eigenvalue weighted by Crippen LogP contribution is -2.28. The zero-order chi connectivity index (χ0) is 70.8. The molecule has 5 unspecified atom stereocenters. The first kappa shape index (κ1) is 84.7. The molecule has 0 radical (unpaired) electrons. The van der Waals surface area contributed by atoms with E-state index < -0.39 is 5.41 Å². The van der Waals surface area contributed by atoms with E-state index in [-0.39, 0.29) is 48.5 Å². The van der Waals surface area contributed by atoms with Gasteiger partial charge in [0.2, 0.25) is 0 Å². The number of phenolic OH excluding ortho intramolecular Hbond substituents is 2. The zero-order valence-corrected chi connectivity index (χ0v) is 60.8. The molecule has 0 saturated heterocycles. The summed E-state index contributed by atoms with van der Waals surface area (Å²) < 4.78 is 31.5. The van der Waals surface area contributed by atoms with Crippen molar-refractivity contribution < 1.29 is 69.0 Å². The molecule has 0 aromatic heterocycles. The van der Waals surface area contributed by atoms with Crippen LogP contribution in [0.15, 0.2) is 109 Å². The fraction of sp³-hybridized carbons (Fsp3) is 0.532. The van der Waals surface area contributed by atoms with Gasteiger partial charge in [-0.05, 0) is 209 Å². The van der Waals surface area contributed by atoms with E-state index in [4.69, 9.17) is 43.7 Å². The molecular formula is C79H120O14. The second kappa shape index (κ2) is 42.9. The third kappa shape index (κ3) is 27.5. The van der Waals surface area contributed by atoms with Gasteiger partial charge >= 0.3 is 5.97 Å². The van der Waals surface area contributed by atoms with E-state index in [2.05, 4.69) is 107 Å². The summed E-state index contributed by atoms with van der Waals surface area (Å²) in [5, 5.41) is 65.7. The van der Waals surface area contributed by atoms with Gasteiger partial charge in [-0.15, -0.1) is 0 Å². The summed E-state index contributed by atoms with van der Waals surface area (Å²) in [5.41, 5.74) is 11.5. The number of carbonyl (C=O) groups is 1. The topological polar surface area (TPSA) is 214 Å². The molecule has 0 spiro atoms. The van der Waals surface area contributed by atoms with E-state index in [1.807, 2.05) is 83.1 Å². The normalized spacial score (nSPS) is 12.9. The molecule has 0 bridgehead atoms. The molecule has 0 heterocycles. The number of methoxy groups -OCH3 is 5. The highest BCUT2D eigenvalue weighted by Crippen LogP contribution is 2.34. The minimum Gasteiger partial charge on any atom is -0.508 e. The van der Waals surface area contributed by atoms with E-state index in [0.717, 1.165) is 59.9 Å². The van der Waals surface area contributed by atoms with Gasteiger partial charge < -0.3 is 64.2 Å². The zero-order valence-electron chi connectivity index (χ0n) is 60.8. The third-order valence-corrected chi connectivity index (χ3v) is 17.9. The van der Waals surface area contributed by atoms with Crippen LogP contribution in [0.1, 0.15) is 258 Å². The Labute approximate surface area is 560 Å². The fourth-order valence-electron chi connectivity index (χ4n) is 9.08. The van der Waals surface area contributed by atoms with E-state index in [1.54, 1.807) is 71.9 Å². The predicted octanol–water partition coefficient (Wildman–Crippen LogP) is 18.5. The van der Waals surface area contributed by atoms with Crippen LogP contribution >= 0.6 is 0 Å². The van der Waals surface area contributed by atoms with Gasteiger partial charge in [-0.1, -0.05) is 125 Å². The molecule has 93 heavy (non-hydrogen) atoms. The number of ether oxygens (including phenoxy) is 6. The number of hydrogen-bond donors (Lipinski definition) is 7. The lowest BCUT2D eigenvalue weighted by atomic mass is 9.91. The van der Waals surface area contributed by atoms with Crippen molar-refractivity contribution in [3.63, 3.8) is 0 Å². The van der Waals surface area contributed by atoms with Crippen molar-refractivity contribution in [2.45, 2.75) is 237 Å². The number of phenols is 4. The summed E-state index contributed by atoms with van der Waals surface area (Å²) in [6, 6.07) is 35.0. The van der Waals surface area contributed by atoms with Crippen molar-refractivity contribution in [3.8, 4) is 28.7 Å². The number of benzene rings is 6. The Morgan fingerprint density at radius 2 is 0.677 bits per heavy atom. The molecular weight excluding hydrogens is 1170 g/mol. The lowest BCUT2D eigenvalue weighted by Gasteiger charge is -2.24. The number of hydrogen-bond acceptors (Lipinski definition) is 14. The van der Waals surface area contributed by atoms with Crippen LogP contribution in [0.3, 0.4) is 0 Å². The summed E-state index contributed by atoms with van der Waals surface area (Å²) in [6.07, 6.45) is 6.17. The minimum absolute atomic E-state index is 0.00653. The van der Waals surface area contributed by atoms with Crippen molar-refractivity contribution in [1.82, 2.24) is 0 Å². The molecule has 520 valence electrons. The van der Waals surface area contributed by atoms with Crippen molar-refractivity contribution in [2.24, 2.45) is 5.41 Å². The molecule has 0 aliphatic carbocycles. The van der Waals surface area contributed by atoms with E-state index in [9.17, 15) is 25.2 Å². The van der Waals surface area contributed by atoms with Crippen LogP contribution in [0.4, 0.5) is 0 Å². The highest BCUT2D eigenvalue weighted by atomic mass is 16.5. The Morgan fingerprint density at radius 1 is 0.387 bits per heavy atom. The SMILES string of the molecule is CCC(C)(C)C(=O)Oc1ccc(C(C)(C)OC)cc1.CCC(C)c1cc(CO)c(O)c(CO)c1.CCC(C)c1cc(COC)c(O)c(COC)c1.CCC(C)c1ccc(C(C)(C)OC)cc1.CCC(C)c1ccc(O)c(CO)c1.CCC(C)c1ccc(O)c(COC)c1. The van der Waals surface area contributed by atoms with Crippen molar-refractivity contribution >= 4 is 5.97 Å². The number of rotatable bonds is 26. The maximum Gasteiger partial charge on any atom is 0.316 e. The number of esters is 1. The second-order valence-electron chi connectivity index (χ2n) is 25.7. The van der Waals surface area contributed by atoms with Gasteiger partial charge in [0.15, 0.2) is 0 Å². The summed E-state index contributed by atoms with van der Waals surface area (Å²) in [5.74, 6) is 3.65. The fourth-order valence-corrected chi connectivity index (χ4v) is 9.08. The molecule has 14 nitrogen and oxygen atoms in total. The van der Waals surface area contributed by atoms with Crippen molar-refractivity contribution in [1.29, 1.82) is 0 Å². The molecule has 6 aromatic rings. The molecule has 0 saturated carbocycles. The van der Waals surface area contributed by atoms with Gasteiger partial charge in [0.05, 0.1) is 56.3 Å².